The Hall–Kier alpha value is -2.78. The fourth-order valence-electron chi connectivity index (χ4n) is 5.32. The molecule has 9 nitrogen and oxygen atoms in total. The number of cyclic esters (lactones) is 1. The van der Waals surface area contributed by atoms with Gasteiger partial charge in [-0.05, 0) is 84.8 Å². The van der Waals surface area contributed by atoms with Gasteiger partial charge < -0.3 is 19.6 Å². The van der Waals surface area contributed by atoms with Crippen LogP contribution in [0.15, 0.2) is 36.3 Å². The predicted octanol–water partition coefficient (Wildman–Crippen LogP) is 1.62. The summed E-state index contributed by atoms with van der Waals surface area (Å²) in [6.07, 6.45) is 7.34. The van der Waals surface area contributed by atoms with E-state index in [9.17, 15) is 9.90 Å². The first-order chi connectivity index (χ1) is 15.5. The lowest BCUT2D eigenvalue weighted by Gasteiger charge is -2.47. The molecule has 0 amide bonds. The lowest BCUT2D eigenvalue weighted by molar-refractivity contribution is -0.135. The summed E-state index contributed by atoms with van der Waals surface area (Å²) in [4.78, 5) is 16.1. The molecule has 32 heavy (non-hydrogen) atoms. The summed E-state index contributed by atoms with van der Waals surface area (Å²) in [6, 6.07) is 5.93. The summed E-state index contributed by atoms with van der Waals surface area (Å²) in [5.74, 6) is -0.215. The Morgan fingerprint density at radius 3 is 2.53 bits per heavy atom. The van der Waals surface area contributed by atoms with E-state index >= 15 is 0 Å². The van der Waals surface area contributed by atoms with Gasteiger partial charge in [-0.15, -0.1) is 5.10 Å². The van der Waals surface area contributed by atoms with Gasteiger partial charge in [0.25, 0.3) is 0 Å². The van der Waals surface area contributed by atoms with Crippen LogP contribution in [0.1, 0.15) is 42.9 Å². The van der Waals surface area contributed by atoms with Crippen LogP contribution < -0.4 is 0 Å². The van der Waals surface area contributed by atoms with Crippen molar-refractivity contribution in [3.05, 3.63) is 47.4 Å². The average Bonchev–Trinajstić information content (AvgIpc) is 3.48. The van der Waals surface area contributed by atoms with E-state index < -0.39 is 6.10 Å². The van der Waals surface area contributed by atoms with Crippen molar-refractivity contribution >= 4 is 5.97 Å². The van der Waals surface area contributed by atoms with Crippen LogP contribution in [-0.4, -0.2) is 80.4 Å². The van der Waals surface area contributed by atoms with Crippen molar-refractivity contribution in [2.45, 2.75) is 38.7 Å². The van der Waals surface area contributed by atoms with Crippen molar-refractivity contribution in [2.75, 3.05) is 39.3 Å². The number of rotatable bonds is 5. The Morgan fingerprint density at radius 2 is 1.91 bits per heavy atom. The molecule has 3 aliphatic rings. The monoisotopic (exact) mass is 438 g/mol. The molecule has 170 valence electrons. The summed E-state index contributed by atoms with van der Waals surface area (Å²) in [6.45, 7) is 7.12. The topological polar surface area (TPSA) is 96.6 Å². The van der Waals surface area contributed by atoms with Crippen molar-refractivity contribution in [1.82, 2.24) is 30.0 Å². The Labute approximate surface area is 187 Å². The van der Waals surface area contributed by atoms with Crippen LogP contribution in [0.5, 0.6) is 0 Å². The van der Waals surface area contributed by atoms with Crippen LogP contribution in [0.25, 0.3) is 5.69 Å². The second-order valence-electron chi connectivity index (χ2n) is 9.34. The molecule has 0 saturated carbocycles. The maximum atomic E-state index is 11.3. The standard InChI is InChI=1S/C23H30N6O3/c1-17-12-18(29-16-24-25-26-29)2-3-20(17)21(30)14-27-8-4-23(5-9-27)6-10-28(11-7-23)19-13-22(31)32-15-19/h2-3,12-13,16,21,30H,4-11,14-15H2,1H3/t21-/m0/s1. The van der Waals surface area contributed by atoms with Crippen molar-refractivity contribution in [3.8, 4) is 5.69 Å². The van der Waals surface area contributed by atoms with E-state index in [1.165, 1.54) is 12.8 Å². The Kier molecular flexibility index (Phi) is 5.69. The van der Waals surface area contributed by atoms with E-state index in [1.807, 2.05) is 25.1 Å². The van der Waals surface area contributed by atoms with Crippen molar-refractivity contribution in [3.63, 3.8) is 0 Å². The van der Waals surface area contributed by atoms with Gasteiger partial charge in [-0.25, -0.2) is 9.48 Å². The van der Waals surface area contributed by atoms with E-state index in [0.29, 0.717) is 18.6 Å². The first kappa shape index (κ1) is 21.1. The fraction of sp³-hybridized carbons (Fsp3) is 0.565. The van der Waals surface area contributed by atoms with E-state index in [0.717, 1.165) is 61.5 Å². The molecule has 0 bridgehead atoms. The highest BCUT2D eigenvalue weighted by Gasteiger charge is 2.38. The van der Waals surface area contributed by atoms with E-state index in [2.05, 4.69) is 25.3 Å². The molecule has 2 fully saturated rings. The Balaban J connectivity index is 1.14. The second-order valence-corrected chi connectivity index (χ2v) is 9.34. The van der Waals surface area contributed by atoms with Gasteiger partial charge in [-0.2, -0.15) is 0 Å². The summed E-state index contributed by atoms with van der Waals surface area (Å²) < 4.78 is 6.68. The molecule has 3 aliphatic heterocycles. The number of nitrogens with zero attached hydrogens (tertiary/aromatic N) is 6. The zero-order valence-corrected chi connectivity index (χ0v) is 18.5. The first-order valence-corrected chi connectivity index (χ1v) is 11.4. The molecule has 5 rings (SSSR count). The highest BCUT2D eigenvalue weighted by Crippen LogP contribution is 2.42. The van der Waals surface area contributed by atoms with Crippen molar-refractivity contribution in [2.24, 2.45) is 5.41 Å². The molecule has 2 aromatic rings. The van der Waals surface area contributed by atoms with Crippen LogP contribution in [0.3, 0.4) is 0 Å². The third kappa shape index (κ3) is 4.27. The van der Waals surface area contributed by atoms with Gasteiger partial charge in [0.2, 0.25) is 0 Å². The third-order valence-electron chi connectivity index (χ3n) is 7.45. The molecule has 0 aliphatic carbocycles. The number of aromatic nitrogens is 4. The van der Waals surface area contributed by atoms with Crippen LogP contribution in [0.4, 0.5) is 0 Å². The largest absolute Gasteiger partial charge is 0.456 e. The van der Waals surface area contributed by atoms with Crippen LogP contribution in [-0.2, 0) is 9.53 Å². The molecular formula is C23H30N6O3. The summed E-state index contributed by atoms with van der Waals surface area (Å²) >= 11 is 0. The van der Waals surface area contributed by atoms with E-state index in [-0.39, 0.29) is 5.97 Å². The zero-order chi connectivity index (χ0) is 22.1. The van der Waals surface area contributed by atoms with Gasteiger partial charge >= 0.3 is 5.97 Å². The quantitative estimate of drug-likeness (QED) is 0.704. The van der Waals surface area contributed by atoms with Gasteiger partial charge in [0.15, 0.2) is 0 Å². The van der Waals surface area contributed by atoms with Gasteiger partial charge in [-0.3, -0.25) is 0 Å². The number of likely N-dealkylation sites (tertiary alicyclic amines) is 2. The number of carbonyl (C=O) groups is 1. The van der Waals surface area contributed by atoms with Crippen LogP contribution in [0, 0.1) is 12.3 Å². The highest BCUT2D eigenvalue weighted by atomic mass is 16.5. The van der Waals surface area contributed by atoms with Crippen LogP contribution in [0.2, 0.25) is 0 Å². The number of hydrogen-bond acceptors (Lipinski definition) is 8. The number of carbonyl (C=O) groups excluding carboxylic acids is 1. The minimum atomic E-state index is -0.513. The molecular weight excluding hydrogens is 408 g/mol. The van der Waals surface area contributed by atoms with Crippen LogP contribution >= 0.6 is 0 Å². The molecule has 1 atom stereocenters. The van der Waals surface area contributed by atoms with Gasteiger partial charge in [0.05, 0.1) is 17.5 Å². The average molecular weight is 439 g/mol. The maximum Gasteiger partial charge on any atom is 0.333 e. The Bertz CT molecular complexity index is 987. The maximum absolute atomic E-state index is 11.3. The minimum absolute atomic E-state index is 0.215. The number of esters is 1. The lowest BCUT2D eigenvalue weighted by Crippen LogP contribution is -2.47. The molecule has 1 N–H and O–H groups in total. The SMILES string of the molecule is Cc1cc(-n2cnnn2)ccc1[C@@H](O)CN1CCC2(CC1)CCN(C1=CC(=O)OC1)CC2. The summed E-state index contributed by atoms with van der Waals surface area (Å²) in [5, 5.41) is 22.2. The number of ether oxygens (including phenoxy) is 1. The minimum Gasteiger partial charge on any atom is -0.456 e. The molecule has 2 saturated heterocycles. The zero-order valence-electron chi connectivity index (χ0n) is 18.5. The smallest absolute Gasteiger partial charge is 0.333 e. The number of β-amino-alcohol motifs (C(OH)–C–C–N with tert-alkyl or cyclic N) is 1. The van der Waals surface area contributed by atoms with Crippen molar-refractivity contribution < 1.29 is 14.6 Å². The van der Waals surface area contributed by atoms with E-state index in [4.69, 9.17) is 4.74 Å². The van der Waals surface area contributed by atoms with Gasteiger partial charge in [0, 0.05) is 25.7 Å². The molecule has 4 heterocycles. The summed E-state index contributed by atoms with van der Waals surface area (Å²) in [5.41, 5.74) is 4.31. The highest BCUT2D eigenvalue weighted by molar-refractivity contribution is 5.85. The summed E-state index contributed by atoms with van der Waals surface area (Å²) in [7, 11) is 0. The number of aliphatic hydroxyl groups is 1. The molecule has 0 unspecified atom stereocenters. The fourth-order valence-corrected chi connectivity index (χ4v) is 5.32. The number of aryl methyl sites for hydroxylation is 1. The molecule has 1 aromatic carbocycles. The van der Waals surface area contributed by atoms with Crippen molar-refractivity contribution in [1.29, 1.82) is 0 Å². The lowest BCUT2D eigenvalue weighted by atomic mass is 9.71. The third-order valence-corrected chi connectivity index (χ3v) is 7.45. The number of piperidine rings is 2. The Morgan fingerprint density at radius 1 is 1.16 bits per heavy atom. The van der Waals surface area contributed by atoms with Gasteiger partial charge in [-0.1, -0.05) is 6.07 Å². The van der Waals surface area contributed by atoms with E-state index in [1.54, 1.807) is 17.1 Å². The normalized spacial score (nSPS) is 22.1. The number of benzene rings is 1. The number of aliphatic hydroxyl groups excluding tert-OH is 1. The first-order valence-electron chi connectivity index (χ1n) is 11.4. The second kappa shape index (κ2) is 8.63. The predicted molar refractivity (Wildman–Crippen MR) is 117 cm³/mol. The van der Waals surface area contributed by atoms with Gasteiger partial charge in [0.1, 0.15) is 12.9 Å². The molecule has 0 radical (unpaired) electrons. The number of tetrazole rings is 1. The molecule has 1 spiro atoms. The molecule has 9 heteroatoms. The molecule has 1 aromatic heterocycles. The number of hydrogen-bond donors (Lipinski definition) is 1.